The predicted molar refractivity (Wildman–Crippen MR) is 177 cm³/mol. The molecule has 0 rings (SSSR count). The van der Waals surface area contributed by atoms with Gasteiger partial charge >= 0.3 is 0 Å². The van der Waals surface area contributed by atoms with Crippen LogP contribution in [0.25, 0.3) is 0 Å². The third kappa shape index (κ3) is 34.0. The Kier molecular flexibility index (Phi) is 33.1. The lowest BCUT2D eigenvalue weighted by molar-refractivity contribution is 0.314. The van der Waals surface area contributed by atoms with Crippen molar-refractivity contribution in [3.8, 4) is 0 Å². The van der Waals surface area contributed by atoms with Crippen LogP contribution in [0.15, 0.2) is 0 Å². The van der Waals surface area contributed by atoms with Gasteiger partial charge in [-0.2, -0.15) is 0 Å². The molecule has 0 aliphatic carbocycles. The standard InChI is InChI=1S/C37H77N/c1-4-6-8-10-12-14-16-18-20-22-24-26-28-30-32-34-36-38(3)37-35-33-31-29-27-25-23-21-19-17-15-13-11-9-7-5-2/h4-37H2,1-3H3/i36D. The topological polar surface area (TPSA) is 3.24 Å². The van der Waals surface area contributed by atoms with Crippen molar-refractivity contribution < 1.29 is 1.37 Å². The average Bonchev–Trinajstić information content (AvgIpc) is 2.94. The summed E-state index contributed by atoms with van der Waals surface area (Å²) in [6, 6.07) is 0. The number of hydrogen-bond donors (Lipinski definition) is 0. The first kappa shape index (κ1) is 36.0. The Hall–Kier alpha value is -0.0400. The van der Waals surface area contributed by atoms with Crippen molar-refractivity contribution in [2.75, 3.05) is 20.1 Å². The van der Waals surface area contributed by atoms with Gasteiger partial charge in [-0.15, -0.1) is 0 Å². The summed E-state index contributed by atoms with van der Waals surface area (Å²) >= 11 is 0. The van der Waals surface area contributed by atoms with E-state index in [0.717, 1.165) is 13.0 Å². The summed E-state index contributed by atoms with van der Waals surface area (Å²) in [5.74, 6) is 0. The Labute approximate surface area is 245 Å². The summed E-state index contributed by atoms with van der Waals surface area (Å²) in [5.41, 5.74) is 0. The van der Waals surface area contributed by atoms with Crippen molar-refractivity contribution >= 4 is 0 Å². The van der Waals surface area contributed by atoms with E-state index in [9.17, 15) is 0 Å². The number of rotatable bonds is 34. The first-order valence-corrected chi connectivity index (χ1v) is 18.3. The Morgan fingerprint density at radius 3 is 0.789 bits per heavy atom. The van der Waals surface area contributed by atoms with Crippen LogP contribution in [-0.4, -0.2) is 25.0 Å². The minimum absolute atomic E-state index is 0.0170. The van der Waals surface area contributed by atoms with Gasteiger partial charge in [0.05, 0.1) is 0 Å². The lowest BCUT2D eigenvalue weighted by Gasteiger charge is -2.16. The van der Waals surface area contributed by atoms with Gasteiger partial charge in [-0.25, -0.2) is 0 Å². The molecule has 38 heavy (non-hydrogen) atoms. The molecule has 0 fully saturated rings. The van der Waals surface area contributed by atoms with Crippen LogP contribution < -0.4 is 0 Å². The minimum atomic E-state index is 0.0170. The second-order valence-corrected chi connectivity index (χ2v) is 12.7. The smallest absolute Gasteiger partial charge is 0.0430 e. The van der Waals surface area contributed by atoms with E-state index in [1.807, 2.05) is 0 Å². The third-order valence-electron chi connectivity index (χ3n) is 8.61. The maximum absolute atomic E-state index is 8.47. The van der Waals surface area contributed by atoms with Gasteiger partial charge in [-0.05, 0) is 33.0 Å². The third-order valence-corrected chi connectivity index (χ3v) is 8.61. The van der Waals surface area contributed by atoms with E-state index in [0.29, 0.717) is 0 Å². The molecule has 0 spiro atoms. The number of hydrogen-bond acceptors (Lipinski definition) is 1. The van der Waals surface area contributed by atoms with Crippen LogP contribution in [0.5, 0.6) is 0 Å². The van der Waals surface area contributed by atoms with E-state index in [2.05, 4.69) is 25.8 Å². The van der Waals surface area contributed by atoms with Crippen molar-refractivity contribution in [3.05, 3.63) is 0 Å². The Bertz CT molecular complexity index is 426. The van der Waals surface area contributed by atoms with E-state index < -0.39 is 0 Å². The van der Waals surface area contributed by atoms with Gasteiger partial charge in [0.2, 0.25) is 0 Å². The lowest BCUT2D eigenvalue weighted by atomic mass is 10.0. The molecule has 0 aromatic rings. The van der Waals surface area contributed by atoms with Crippen LogP contribution in [0, 0.1) is 0 Å². The van der Waals surface area contributed by atoms with Crippen molar-refractivity contribution in [3.63, 3.8) is 0 Å². The fraction of sp³-hybridized carbons (Fsp3) is 1.00. The molecule has 1 unspecified atom stereocenters. The first-order valence-electron chi connectivity index (χ1n) is 18.9. The number of nitrogens with zero attached hydrogens (tertiary/aromatic N) is 1. The molecule has 0 aromatic heterocycles. The summed E-state index contributed by atoms with van der Waals surface area (Å²) in [7, 11) is 2.17. The summed E-state index contributed by atoms with van der Waals surface area (Å²) in [4.78, 5) is 2.30. The fourth-order valence-electron chi connectivity index (χ4n) is 5.83. The molecule has 0 saturated heterocycles. The largest absolute Gasteiger partial charge is 0.306 e. The molecule has 0 N–H and O–H groups in total. The van der Waals surface area contributed by atoms with Crippen LogP contribution in [-0.2, 0) is 0 Å². The van der Waals surface area contributed by atoms with Gasteiger partial charge in [0.1, 0.15) is 0 Å². The molecule has 0 saturated carbocycles. The molecular formula is C37H77N. The van der Waals surface area contributed by atoms with Gasteiger partial charge in [-0.3, -0.25) is 0 Å². The number of unbranched alkanes of at least 4 members (excludes halogenated alkanes) is 29. The van der Waals surface area contributed by atoms with Gasteiger partial charge in [0.15, 0.2) is 0 Å². The van der Waals surface area contributed by atoms with E-state index in [1.54, 1.807) is 0 Å². The molecule has 1 nitrogen and oxygen atoms in total. The zero-order valence-corrected chi connectivity index (χ0v) is 27.4. The first-order chi connectivity index (χ1) is 19.2. The van der Waals surface area contributed by atoms with Crippen molar-refractivity contribution in [2.24, 2.45) is 0 Å². The molecule has 0 aromatic carbocycles. The van der Waals surface area contributed by atoms with Crippen LogP contribution >= 0.6 is 0 Å². The summed E-state index contributed by atoms with van der Waals surface area (Å²) in [5, 5.41) is 0. The van der Waals surface area contributed by atoms with Gasteiger partial charge in [-0.1, -0.05) is 206 Å². The summed E-state index contributed by atoms with van der Waals surface area (Å²) in [6.07, 6.45) is 45.2. The van der Waals surface area contributed by atoms with Crippen LogP contribution in [0.3, 0.4) is 0 Å². The lowest BCUT2D eigenvalue weighted by Crippen LogP contribution is -2.20. The fourth-order valence-corrected chi connectivity index (χ4v) is 5.83. The molecule has 0 amide bonds. The molecule has 0 aliphatic heterocycles. The highest BCUT2D eigenvalue weighted by molar-refractivity contribution is 4.55. The second kappa shape index (κ2) is 35.0. The SMILES string of the molecule is [2H]C(CCCCCCCCCCCCCCCCC)N(C)CCCCCCCCCCCCCCCCCC. The quantitative estimate of drug-likeness (QED) is 0.0739. The minimum Gasteiger partial charge on any atom is -0.306 e. The maximum Gasteiger partial charge on any atom is 0.0430 e. The van der Waals surface area contributed by atoms with E-state index in [4.69, 9.17) is 1.37 Å². The monoisotopic (exact) mass is 537 g/mol. The highest BCUT2D eigenvalue weighted by atomic mass is 15.1. The average molecular weight is 537 g/mol. The predicted octanol–water partition coefficient (Wildman–Crippen LogP) is 13.4. The molecule has 0 heterocycles. The van der Waals surface area contributed by atoms with Gasteiger partial charge < -0.3 is 4.90 Å². The van der Waals surface area contributed by atoms with Crippen molar-refractivity contribution in [1.82, 2.24) is 4.90 Å². The van der Waals surface area contributed by atoms with Gasteiger partial charge in [0.25, 0.3) is 0 Å². The Balaban J connectivity index is 3.26. The van der Waals surface area contributed by atoms with E-state index >= 15 is 0 Å². The maximum atomic E-state index is 8.47. The zero-order chi connectivity index (χ0) is 28.5. The van der Waals surface area contributed by atoms with Crippen molar-refractivity contribution in [2.45, 2.75) is 219 Å². The van der Waals surface area contributed by atoms with Crippen molar-refractivity contribution in [1.29, 1.82) is 0 Å². The van der Waals surface area contributed by atoms with Crippen LogP contribution in [0.4, 0.5) is 0 Å². The highest BCUT2D eigenvalue weighted by Gasteiger charge is 2.00. The molecule has 1 atom stereocenters. The zero-order valence-electron chi connectivity index (χ0n) is 28.4. The molecular weight excluding hydrogens is 458 g/mol. The molecule has 1 heteroatoms. The Morgan fingerprint density at radius 2 is 0.526 bits per heavy atom. The summed E-state index contributed by atoms with van der Waals surface area (Å²) in [6.45, 7) is 5.73. The Morgan fingerprint density at radius 1 is 0.316 bits per heavy atom. The van der Waals surface area contributed by atoms with E-state index in [1.165, 1.54) is 199 Å². The summed E-state index contributed by atoms with van der Waals surface area (Å²) < 4.78 is 8.47. The normalized spacial score (nSPS) is 12.9. The highest BCUT2D eigenvalue weighted by Crippen LogP contribution is 2.15. The molecule has 0 radical (unpaired) electrons. The molecule has 0 bridgehead atoms. The molecule has 230 valence electrons. The van der Waals surface area contributed by atoms with Crippen LogP contribution in [0.1, 0.15) is 221 Å². The van der Waals surface area contributed by atoms with E-state index in [-0.39, 0.29) is 6.52 Å². The second-order valence-electron chi connectivity index (χ2n) is 12.7. The van der Waals surface area contributed by atoms with Gasteiger partial charge in [0, 0.05) is 1.37 Å². The van der Waals surface area contributed by atoms with Crippen LogP contribution in [0.2, 0.25) is 0 Å². The molecule has 0 aliphatic rings.